The molecule has 0 fully saturated rings. The van der Waals surface area contributed by atoms with Crippen LogP contribution in [-0.4, -0.2) is 22.1 Å². The summed E-state index contributed by atoms with van der Waals surface area (Å²) in [7, 11) is 0. The highest BCUT2D eigenvalue weighted by atomic mass is 32.2. The van der Waals surface area contributed by atoms with E-state index < -0.39 is 10.5 Å². The molecule has 0 saturated heterocycles. The first-order chi connectivity index (χ1) is 9.67. The van der Waals surface area contributed by atoms with E-state index in [1.54, 1.807) is 24.3 Å². The Labute approximate surface area is 123 Å². The van der Waals surface area contributed by atoms with Crippen molar-refractivity contribution in [2.24, 2.45) is 0 Å². The van der Waals surface area contributed by atoms with E-state index in [1.807, 2.05) is 12.1 Å². The summed E-state index contributed by atoms with van der Waals surface area (Å²) >= 11 is 2.06. The predicted molar refractivity (Wildman–Crippen MR) is 76.1 cm³/mol. The molecule has 6 heteroatoms. The first kappa shape index (κ1) is 13.0. The van der Waals surface area contributed by atoms with Gasteiger partial charge in [0, 0.05) is 11.1 Å². The zero-order valence-electron chi connectivity index (χ0n) is 9.99. The summed E-state index contributed by atoms with van der Waals surface area (Å²) in [5.41, 5.74) is 0.743. The molecule has 96 valence electrons. The van der Waals surface area contributed by atoms with Crippen molar-refractivity contribution in [3.05, 3.63) is 45.2 Å². The molecule has 3 rings (SSSR count). The lowest BCUT2D eigenvalue weighted by Crippen LogP contribution is -2.29. The van der Waals surface area contributed by atoms with Crippen LogP contribution in [0.25, 0.3) is 0 Å². The number of Topliss-reactive ketones (excluding diaryl/α,β-unsaturated/α-hetero) is 2. The third-order valence-electron chi connectivity index (χ3n) is 3.05. The van der Waals surface area contributed by atoms with E-state index in [-0.39, 0.29) is 11.6 Å². The summed E-state index contributed by atoms with van der Waals surface area (Å²) in [5, 5.41) is 16.9. The van der Waals surface area contributed by atoms with Gasteiger partial charge in [0.25, 0.3) is 0 Å². The molecule has 1 heterocycles. The second-order valence-electron chi connectivity index (χ2n) is 4.20. The van der Waals surface area contributed by atoms with E-state index in [1.165, 1.54) is 0 Å². The Morgan fingerprint density at radius 1 is 0.850 bits per heavy atom. The molecular formula is C14H6N2O2S2. The van der Waals surface area contributed by atoms with Gasteiger partial charge in [-0.15, -0.1) is 0 Å². The molecule has 1 aromatic carbocycles. The maximum Gasteiger partial charge on any atom is 0.201 e. The average Bonchev–Trinajstić information content (AvgIpc) is 2.51. The van der Waals surface area contributed by atoms with Crippen LogP contribution in [0.1, 0.15) is 20.7 Å². The quantitative estimate of drug-likeness (QED) is 0.732. The standard InChI is InChI=1S/C14H6N2O2S2/c15-5-9-10(6-16)20-14-12(18)8-4-2-1-3-7(8)11(17)13(14)19-9/h1-4,9-10H/t9-,10-/m0/s1. The van der Waals surface area contributed by atoms with Crippen LogP contribution in [-0.2, 0) is 0 Å². The number of hydrogen-bond donors (Lipinski definition) is 0. The summed E-state index contributed by atoms with van der Waals surface area (Å²) in [4.78, 5) is 25.4. The minimum Gasteiger partial charge on any atom is -0.288 e. The molecular weight excluding hydrogens is 292 g/mol. The summed E-state index contributed by atoms with van der Waals surface area (Å²) in [6.45, 7) is 0. The Balaban J connectivity index is 2.14. The van der Waals surface area contributed by atoms with Gasteiger partial charge in [-0.2, -0.15) is 10.5 Å². The number of allylic oxidation sites excluding steroid dienone is 2. The smallest absolute Gasteiger partial charge is 0.201 e. The molecule has 0 spiro atoms. The molecule has 0 unspecified atom stereocenters. The van der Waals surface area contributed by atoms with E-state index in [9.17, 15) is 9.59 Å². The van der Waals surface area contributed by atoms with E-state index in [4.69, 9.17) is 10.5 Å². The number of nitrogens with zero attached hydrogens (tertiary/aromatic N) is 2. The van der Waals surface area contributed by atoms with Crippen molar-refractivity contribution >= 4 is 35.1 Å². The van der Waals surface area contributed by atoms with Crippen LogP contribution in [0.15, 0.2) is 34.1 Å². The van der Waals surface area contributed by atoms with Crippen LogP contribution in [0.4, 0.5) is 0 Å². The number of carbonyl (C=O) groups excluding carboxylic acids is 2. The maximum absolute atomic E-state index is 12.4. The average molecular weight is 298 g/mol. The Bertz CT molecular complexity index is 692. The van der Waals surface area contributed by atoms with Crippen molar-refractivity contribution in [1.82, 2.24) is 0 Å². The fourth-order valence-electron chi connectivity index (χ4n) is 2.11. The highest BCUT2D eigenvalue weighted by Gasteiger charge is 2.41. The number of rotatable bonds is 0. The molecule has 2 atom stereocenters. The summed E-state index contributed by atoms with van der Waals surface area (Å²) in [6.07, 6.45) is 0. The zero-order chi connectivity index (χ0) is 14.3. The van der Waals surface area contributed by atoms with Crippen LogP contribution in [0.2, 0.25) is 0 Å². The minimum atomic E-state index is -0.634. The topological polar surface area (TPSA) is 81.7 Å². The van der Waals surface area contributed by atoms with Gasteiger partial charge >= 0.3 is 0 Å². The molecule has 20 heavy (non-hydrogen) atoms. The molecule has 0 amide bonds. The second kappa shape index (κ2) is 4.82. The van der Waals surface area contributed by atoms with E-state index in [2.05, 4.69) is 0 Å². The fraction of sp³-hybridized carbons (Fsp3) is 0.143. The van der Waals surface area contributed by atoms with E-state index in [0.29, 0.717) is 20.9 Å². The number of thioether (sulfide) groups is 2. The first-order valence-corrected chi connectivity index (χ1v) is 7.48. The summed E-state index contributed by atoms with van der Waals surface area (Å²) in [6, 6.07) is 10.7. The Kier molecular flexibility index (Phi) is 3.13. The zero-order valence-corrected chi connectivity index (χ0v) is 11.6. The Hall–Kier alpha value is -2.02. The van der Waals surface area contributed by atoms with Crippen molar-refractivity contribution in [3.63, 3.8) is 0 Å². The lowest BCUT2D eigenvalue weighted by Gasteiger charge is -2.28. The normalized spacial score (nSPS) is 24.5. The van der Waals surface area contributed by atoms with Gasteiger partial charge in [-0.1, -0.05) is 47.8 Å². The largest absolute Gasteiger partial charge is 0.288 e. The van der Waals surface area contributed by atoms with Crippen LogP contribution >= 0.6 is 23.5 Å². The van der Waals surface area contributed by atoms with Gasteiger partial charge < -0.3 is 0 Å². The van der Waals surface area contributed by atoms with Crippen molar-refractivity contribution in [2.75, 3.05) is 0 Å². The van der Waals surface area contributed by atoms with Gasteiger partial charge in [0.1, 0.15) is 10.5 Å². The number of fused-ring (bicyclic) bond motifs is 1. The molecule has 1 aromatic rings. The van der Waals surface area contributed by atoms with Gasteiger partial charge in [0.2, 0.25) is 11.6 Å². The van der Waals surface area contributed by atoms with Crippen LogP contribution < -0.4 is 0 Å². The SMILES string of the molecule is N#C[C@@H]1SC2=C(S[C@H]1C#N)C(=O)c1ccccc1C2=O. The minimum absolute atomic E-state index is 0.232. The third kappa shape index (κ3) is 1.77. The first-order valence-electron chi connectivity index (χ1n) is 5.72. The Morgan fingerprint density at radius 2 is 1.25 bits per heavy atom. The number of carbonyl (C=O) groups is 2. The van der Waals surface area contributed by atoms with Crippen LogP contribution in [0.3, 0.4) is 0 Å². The molecule has 0 radical (unpaired) electrons. The summed E-state index contributed by atoms with van der Waals surface area (Å²) in [5.74, 6) is -0.464. The number of nitriles is 2. The molecule has 1 aliphatic carbocycles. The van der Waals surface area contributed by atoms with Gasteiger partial charge in [-0.25, -0.2) is 0 Å². The van der Waals surface area contributed by atoms with Crippen molar-refractivity contribution in [1.29, 1.82) is 10.5 Å². The van der Waals surface area contributed by atoms with Gasteiger partial charge in [-0.05, 0) is 0 Å². The molecule has 0 aromatic heterocycles. The van der Waals surface area contributed by atoms with Crippen molar-refractivity contribution < 1.29 is 9.59 Å². The summed E-state index contributed by atoms with van der Waals surface area (Å²) < 4.78 is 0. The van der Waals surface area contributed by atoms with Crippen LogP contribution in [0, 0.1) is 22.7 Å². The molecule has 4 nitrogen and oxygen atoms in total. The maximum atomic E-state index is 12.4. The molecule has 2 aliphatic rings. The second-order valence-corrected chi connectivity index (χ2v) is 6.50. The molecule has 0 bridgehead atoms. The van der Waals surface area contributed by atoms with Gasteiger partial charge in [0.05, 0.1) is 21.9 Å². The lowest BCUT2D eigenvalue weighted by atomic mass is 9.94. The van der Waals surface area contributed by atoms with E-state index >= 15 is 0 Å². The van der Waals surface area contributed by atoms with E-state index in [0.717, 1.165) is 23.5 Å². The predicted octanol–water partition coefficient (Wildman–Crippen LogP) is 2.54. The fourth-order valence-corrected chi connectivity index (χ4v) is 4.55. The Morgan fingerprint density at radius 3 is 1.60 bits per heavy atom. The van der Waals surface area contributed by atoms with Gasteiger partial charge in [0.15, 0.2) is 0 Å². The highest BCUT2D eigenvalue weighted by molar-refractivity contribution is 8.12. The van der Waals surface area contributed by atoms with Crippen LogP contribution in [0.5, 0.6) is 0 Å². The number of hydrogen-bond acceptors (Lipinski definition) is 6. The monoisotopic (exact) mass is 298 g/mol. The highest BCUT2D eigenvalue weighted by Crippen LogP contribution is 2.47. The molecule has 1 aliphatic heterocycles. The lowest BCUT2D eigenvalue weighted by molar-refractivity contribution is 0.0988. The molecule has 0 saturated carbocycles. The number of ketones is 2. The third-order valence-corrected chi connectivity index (χ3v) is 5.87. The van der Waals surface area contributed by atoms with Crippen molar-refractivity contribution in [2.45, 2.75) is 10.5 Å². The van der Waals surface area contributed by atoms with Gasteiger partial charge in [-0.3, -0.25) is 9.59 Å². The van der Waals surface area contributed by atoms with Crippen molar-refractivity contribution in [3.8, 4) is 12.1 Å². The number of benzene rings is 1. The molecule has 0 N–H and O–H groups in total.